The number of rotatable bonds is 5. The Morgan fingerprint density at radius 3 is 2.41 bits per heavy atom. The van der Waals surface area contributed by atoms with Crippen molar-refractivity contribution in [2.75, 3.05) is 16.8 Å². The van der Waals surface area contributed by atoms with E-state index in [0.717, 1.165) is 28.4 Å². The van der Waals surface area contributed by atoms with Crippen LogP contribution < -0.4 is 21.5 Å². The van der Waals surface area contributed by atoms with E-state index in [1.54, 1.807) is 6.20 Å². The molecule has 2 aromatic carbocycles. The van der Waals surface area contributed by atoms with Crippen LogP contribution in [0.2, 0.25) is 0 Å². The molecule has 0 aliphatic heterocycles. The number of hydrogen-bond acceptors (Lipinski definition) is 7. The summed E-state index contributed by atoms with van der Waals surface area (Å²) in [7, 11) is 0. The second-order valence-electron chi connectivity index (χ2n) is 6.47. The fraction of sp³-hybridized carbons (Fsp3) is 0.0455. The molecule has 4 rings (SSSR count). The zero-order valence-electron chi connectivity index (χ0n) is 15.8. The van der Waals surface area contributed by atoms with Crippen molar-refractivity contribution in [3.63, 3.8) is 0 Å². The molecule has 0 amide bonds. The average Bonchev–Trinajstić information content (AvgIpc) is 2.69. The van der Waals surface area contributed by atoms with Gasteiger partial charge in [0.2, 0.25) is 5.95 Å². The molecule has 0 saturated heterocycles. The third-order valence-electron chi connectivity index (χ3n) is 4.21. The highest BCUT2D eigenvalue weighted by Crippen LogP contribution is 2.28. The molecule has 0 aliphatic rings. The second kappa shape index (κ2) is 7.85. The van der Waals surface area contributed by atoms with Crippen molar-refractivity contribution in [1.82, 2.24) is 15.0 Å². The summed E-state index contributed by atoms with van der Waals surface area (Å²) in [5.74, 6) is 2.21. The van der Waals surface area contributed by atoms with E-state index in [-0.39, 0.29) is 5.95 Å². The number of hydrogen-bond donors (Lipinski definition) is 3. The lowest BCUT2D eigenvalue weighted by atomic mass is 10.1. The SMILES string of the molecule is Cc1cc(Oc2ccc(Nc3cc(-c4ccccc4N)nc(N)n3)cc2)ccn1. The van der Waals surface area contributed by atoms with E-state index in [4.69, 9.17) is 16.2 Å². The van der Waals surface area contributed by atoms with Crippen molar-refractivity contribution in [3.05, 3.63) is 78.6 Å². The van der Waals surface area contributed by atoms with Crippen LogP contribution in [0, 0.1) is 6.92 Å². The molecule has 7 nitrogen and oxygen atoms in total. The number of para-hydroxylation sites is 1. The molecule has 0 atom stereocenters. The topological polar surface area (TPSA) is 112 Å². The number of benzene rings is 2. The number of ether oxygens (including phenoxy) is 1. The minimum atomic E-state index is 0.168. The van der Waals surface area contributed by atoms with E-state index >= 15 is 0 Å². The minimum absolute atomic E-state index is 0.168. The Labute approximate surface area is 168 Å². The van der Waals surface area contributed by atoms with Gasteiger partial charge in [-0.25, -0.2) is 4.98 Å². The van der Waals surface area contributed by atoms with E-state index in [2.05, 4.69) is 20.3 Å². The summed E-state index contributed by atoms with van der Waals surface area (Å²) in [4.78, 5) is 12.7. The van der Waals surface area contributed by atoms with Gasteiger partial charge in [-0.15, -0.1) is 0 Å². The van der Waals surface area contributed by atoms with Crippen LogP contribution in [0.3, 0.4) is 0 Å². The lowest BCUT2D eigenvalue weighted by molar-refractivity contribution is 0.481. The molecule has 5 N–H and O–H groups in total. The Bertz CT molecular complexity index is 1140. The number of nitrogens with one attached hydrogen (secondary N) is 1. The third kappa shape index (κ3) is 4.41. The zero-order valence-corrected chi connectivity index (χ0v) is 15.8. The summed E-state index contributed by atoms with van der Waals surface area (Å²) in [5, 5.41) is 3.24. The Morgan fingerprint density at radius 1 is 0.862 bits per heavy atom. The highest BCUT2D eigenvalue weighted by Gasteiger charge is 2.08. The number of nitrogens with two attached hydrogens (primary N) is 2. The predicted octanol–water partition coefficient (Wildman–Crippen LogP) is 4.55. The molecule has 0 radical (unpaired) electrons. The van der Waals surface area contributed by atoms with Gasteiger partial charge in [-0.2, -0.15) is 4.98 Å². The van der Waals surface area contributed by atoms with Gasteiger partial charge in [-0.3, -0.25) is 4.98 Å². The first-order chi connectivity index (χ1) is 14.1. The second-order valence-corrected chi connectivity index (χ2v) is 6.47. The van der Waals surface area contributed by atoms with Gasteiger partial charge in [0.25, 0.3) is 0 Å². The third-order valence-corrected chi connectivity index (χ3v) is 4.21. The number of nitrogens with zero attached hydrogens (tertiary/aromatic N) is 3. The lowest BCUT2D eigenvalue weighted by Gasteiger charge is -2.11. The Balaban J connectivity index is 1.53. The molecule has 0 saturated carbocycles. The molecule has 0 spiro atoms. The van der Waals surface area contributed by atoms with Crippen LogP contribution >= 0.6 is 0 Å². The van der Waals surface area contributed by atoms with Gasteiger partial charge in [0.1, 0.15) is 17.3 Å². The predicted molar refractivity (Wildman–Crippen MR) is 115 cm³/mol. The van der Waals surface area contributed by atoms with E-state index in [1.807, 2.05) is 73.7 Å². The number of anilines is 4. The molecular weight excluding hydrogens is 364 g/mol. The van der Waals surface area contributed by atoms with Gasteiger partial charge >= 0.3 is 0 Å². The van der Waals surface area contributed by atoms with Gasteiger partial charge < -0.3 is 21.5 Å². The summed E-state index contributed by atoms with van der Waals surface area (Å²) in [5.41, 5.74) is 15.8. The number of pyridine rings is 1. The van der Waals surface area contributed by atoms with Gasteiger partial charge in [-0.1, -0.05) is 18.2 Å². The number of nitrogen functional groups attached to an aromatic ring is 2. The summed E-state index contributed by atoms with van der Waals surface area (Å²) >= 11 is 0. The van der Waals surface area contributed by atoms with Crippen LogP contribution in [-0.2, 0) is 0 Å². The molecule has 0 aliphatic carbocycles. The highest BCUT2D eigenvalue weighted by atomic mass is 16.5. The normalized spacial score (nSPS) is 10.5. The first-order valence-electron chi connectivity index (χ1n) is 9.04. The number of aromatic nitrogens is 3. The van der Waals surface area contributed by atoms with Crippen molar-refractivity contribution >= 4 is 23.1 Å². The molecule has 144 valence electrons. The quantitative estimate of drug-likeness (QED) is 0.433. The smallest absolute Gasteiger partial charge is 0.222 e. The molecule has 29 heavy (non-hydrogen) atoms. The van der Waals surface area contributed by atoms with Crippen LogP contribution in [0.4, 0.5) is 23.1 Å². The molecule has 7 heteroatoms. The Kier molecular flexibility index (Phi) is 4.94. The Hall–Kier alpha value is -4.13. The molecular formula is C22H20N6O. The lowest BCUT2D eigenvalue weighted by Crippen LogP contribution is -2.02. The van der Waals surface area contributed by atoms with Crippen LogP contribution in [0.5, 0.6) is 11.5 Å². The van der Waals surface area contributed by atoms with E-state index in [0.29, 0.717) is 17.2 Å². The fourth-order valence-corrected chi connectivity index (χ4v) is 2.87. The van der Waals surface area contributed by atoms with Crippen molar-refractivity contribution in [3.8, 4) is 22.8 Å². The molecule has 0 bridgehead atoms. The molecule has 2 heterocycles. The minimum Gasteiger partial charge on any atom is -0.457 e. The van der Waals surface area contributed by atoms with Crippen molar-refractivity contribution in [2.24, 2.45) is 0 Å². The van der Waals surface area contributed by atoms with E-state index < -0.39 is 0 Å². The van der Waals surface area contributed by atoms with Crippen molar-refractivity contribution in [1.29, 1.82) is 0 Å². The van der Waals surface area contributed by atoms with Gasteiger partial charge in [0.05, 0.1) is 5.69 Å². The summed E-state index contributed by atoms with van der Waals surface area (Å²) in [6, 6.07) is 20.6. The van der Waals surface area contributed by atoms with Crippen LogP contribution in [0.15, 0.2) is 72.9 Å². The maximum Gasteiger partial charge on any atom is 0.222 e. The van der Waals surface area contributed by atoms with Gasteiger partial charge in [-0.05, 0) is 43.3 Å². The van der Waals surface area contributed by atoms with Crippen molar-refractivity contribution < 1.29 is 4.74 Å². The first-order valence-corrected chi connectivity index (χ1v) is 9.04. The molecule has 2 aromatic heterocycles. The van der Waals surface area contributed by atoms with Gasteiger partial charge in [0.15, 0.2) is 0 Å². The monoisotopic (exact) mass is 384 g/mol. The largest absolute Gasteiger partial charge is 0.457 e. The highest BCUT2D eigenvalue weighted by molar-refractivity contribution is 5.76. The summed E-state index contributed by atoms with van der Waals surface area (Å²) < 4.78 is 5.85. The van der Waals surface area contributed by atoms with E-state index in [9.17, 15) is 0 Å². The standard InChI is InChI=1S/C22H20N6O/c1-14-12-17(10-11-25-14)29-16-8-6-15(7-9-16)26-21-13-20(27-22(24)28-21)18-4-2-3-5-19(18)23/h2-13H,23H2,1H3,(H3,24,26,27,28). The molecule has 4 aromatic rings. The molecule has 0 unspecified atom stereocenters. The van der Waals surface area contributed by atoms with Gasteiger partial charge in [0, 0.05) is 41.0 Å². The summed E-state index contributed by atoms with van der Waals surface area (Å²) in [6.45, 7) is 1.92. The van der Waals surface area contributed by atoms with E-state index in [1.165, 1.54) is 0 Å². The Morgan fingerprint density at radius 2 is 1.66 bits per heavy atom. The summed E-state index contributed by atoms with van der Waals surface area (Å²) in [6.07, 6.45) is 1.72. The molecule has 0 fully saturated rings. The zero-order chi connectivity index (χ0) is 20.2. The maximum absolute atomic E-state index is 6.06. The van der Waals surface area contributed by atoms with Crippen molar-refractivity contribution in [2.45, 2.75) is 6.92 Å². The van der Waals surface area contributed by atoms with Crippen LogP contribution in [-0.4, -0.2) is 15.0 Å². The van der Waals surface area contributed by atoms with Crippen LogP contribution in [0.25, 0.3) is 11.3 Å². The number of aryl methyl sites for hydroxylation is 1. The maximum atomic E-state index is 6.06. The first kappa shape index (κ1) is 18.2. The fourth-order valence-electron chi connectivity index (χ4n) is 2.87. The van der Waals surface area contributed by atoms with Crippen LogP contribution in [0.1, 0.15) is 5.69 Å². The average molecular weight is 384 g/mol.